The Morgan fingerprint density at radius 2 is 2.36 bits per heavy atom. The summed E-state index contributed by atoms with van der Waals surface area (Å²) in [6.45, 7) is 6.55. The Balaban J connectivity index is 2.31. The summed E-state index contributed by atoms with van der Waals surface area (Å²) in [4.78, 5) is 0. The van der Waals surface area contributed by atoms with Crippen LogP contribution in [0.3, 0.4) is 0 Å². The summed E-state index contributed by atoms with van der Waals surface area (Å²) >= 11 is 0. The standard InChI is InChI=1S/C10H16O/c1-4-8(2)5-6-10-9(3)7-11-10/h6-8H,4-5H2,1-3H3. The second-order valence-corrected chi connectivity index (χ2v) is 3.24. The maximum atomic E-state index is 5.14. The predicted octanol–water partition coefficient (Wildman–Crippen LogP) is 3.24. The van der Waals surface area contributed by atoms with Gasteiger partial charge in [0, 0.05) is 5.57 Å². The second kappa shape index (κ2) is 3.61. The van der Waals surface area contributed by atoms with Crippen molar-refractivity contribution in [3.63, 3.8) is 0 Å². The van der Waals surface area contributed by atoms with E-state index in [2.05, 4.69) is 26.8 Å². The summed E-state index contributed by atoms with van der Waals surface area (Å²) in [5.74, 6) is 1.85. The van der Waals surface area contributed by atoms with Gasteiger partial charge >= 0.3 is 0 Å². The van der Waals surface area contributed by atoms with Crippen LogP contribution in [-0.2, 0) is 4.74 Å². The molecule has 62 valence electrons. The van der Waals surface area contributed by atoms with Crippen LogP contribution in [0.25, 0.3) is 0 Å². The fraction of sp³-hybridized carbons (Fsp3) is 0.600. The first-order valence-corrected chi connectivity index (χ1v) is 4.28. The highest BCUT2D eigenvalue weighted by Crippen LogP contribution is 2.23. The molecule has 0 N–H and O–H groups in total. The molecule has 0 fully saturated rings. The van der Waals surface area contributed by atoms with Gasteiger partial charge in [-0.3, -0.25) is 0 Å². The average molecular weight is 152 g/mol. The Hall–Kier alpha value is -0.720. The molecule has 1 nitrogen and oxygen atoms in total. The van der Waals surface area contributed by atoms with E-state index in [1.54, 1.807) is 6.26 Å². The first kappa shape index (κ1) is 8.38. The number of hydrogen-bond acceptors (Lipinski definition) is 1. The van der Waals surface area contributed by atoms with Crippen LogP contribution in [0.5, 0.6) is 0 Å². The van der Waals surface area contributed by atoms with Crippen molar-refractivity contribution in [1.82, 2.24) is 0 Å². The van der Waals surface area contributed by atoms with E-state index in [-0.39, 0.29) is 0 Å². The van der Waals surface area contributed by atoms with Gasteiger partial charge in [-0.05, 0) is 25.3 Å². The Morgan fingerprint density at radius 1 is 1.64 bits per heavy atom. The molecule has 1 rings (SSSR count). The smallest absolute Gasteiger partial charge is 0.128 e. The van der Waals surface area contributed by atoms with E-state index in [9.17, 15) is 0 Å². The number of allylic oxidation sites excluding steroid dienone is 2. The van der Waals surface area contributed by atoms with Crippen molar-refractivity contribution in [2.75, 3.05) is 0 Å². The van der Waals surface area contributed by atoms with Gasteiger partial charge in [0.1, 0.15) is 5.76 Å². The van der Waals surface area contributed by atoms with Gasteiger partial charge in [-0.1, -0.05) is 20.3 Å². The van der Waals surface area contributed by atoms with Crippen molar-refractivity contribution in [3.05, 3.63) is 23.7 Å². The van der Waals surface area contributed by atoms with Gasteiger partial charge in [-0.15, -0.1) is 0 Å². The monoisotopic (exact) mass is 152 g/mol. The quantitative estimate of drug-likeness (QED) is 0.603. The summed E-state index contributed by atoms with van der Waals surface area (Å²) in [6.07, 6.45) is 6.36. The van der Waals surface area contributed by atoms with Crippen molar-refractivity contribution in [2.24, 2.45) is 5.92 Å². The zero-order valence-electron chi connectivity index (χ0n) is 7.55. The highest BCUT2D eigenvalue weighted by atomic mass is 16.5. The van der Waals surface area contributed by atoms with Crippen molar-refractivity contribution in [1.29, 1.82) is 0 Å². The molecule has 0 aromatic carbocycles. The molecule has 1 aliphatic rings. The SMILES string of the molecule is CCC(C)CC=C1OC=C1C. The number of ether oxygens (including phenoxy) is 1. The predicted molar refractivity (Wildman–Crippen MR) is 47.0 cm³/mol. The Bertz CT molecular complexity index is 189. The van der Waals surface area contributed by atoms with Crippen LogP contribution in [0.2, 0.25) is 0 Å². The van der Waals surface area contributed by atoms with Crippen LogP contribution in [0, 0.1) is 5.92 Å². The number of rotatable bonds is 3. The molecule has 1 heterocycles. The lowest BCUT2D eigenvalue weighted by molar-refractivity contribution is 0.306. The Morgan fingerprint density at radius 3 is 2.73 bits per heavy atom. The Labute approximate surface area is 68.8 Å². The van der Waals surface area contributed by atoms with Gasteiger partial charge in [-0.2, -0.15) is 0 Å². The van der Waals surface area contributed by atoms with Gasteiger partial charge < -0.3 is 4.74 Å². The normalized spacial score (nSPS) is 22.1. The average Bonchev–Trinajstić information content (AvgIpc) is 2.01. The summed E-state index contributed by atoms with van der Waals surface area (Å²) in [5.41, 5.74) is 1.27. The maximum Gasteiger partial charge on any atom is 0.128 e. The largest absolute Gasteiger partial charge is 0.465 e. The first-order chi connectivity index (χ1) is 5.24. The molecule has 0 bridgehead atoms. The highest BCUT2D eigenvalue weighted by Gasteiger charge is 2.09. The minimum atomic E-state index is 0.777. The molecule has 0 spiro atoms. The highest BCUT2D eigenvalue weighted by molar-refractivity contribution is 5.29. The molecule has 0 saturated carbocycles. The van der Waals surface area contributed by atoms with Crippen molar-refractivity contribution < 1.29 is 4.74 Å². The summed E-state index contributed by atoms with van der Waals surface area (Å²) in [5, 5.41) is 0. The minimum absolute atomic E-state index is 0.777. The molecule has 1 aliphatic heterocycles. The van der Waals surface area contributed by atoms with E-state index in [4.69, 9.17) is 4.74 Å². The summed E-state index contributed by atoms with van der Waals surface area (Å²) in [7, 11) is 0. The molecule has 0 aliphatic carbocycles. The van der Waals surface area contributed by atoms with Crippen LogP contribution in [0.4, 0.5) is 0 Å². The van der Waals surface area contributed by atoms with Gasteiger partial charge in [0.05, 0.1) is 6.26 Å². The molecule has 0 aromatic rings. The van der Waals surface area contributed by atoms with Crippen molar-refractivity contribution in [2.45, 2.75) is 33.6 Å². The Kier molecular flexibility index (Phi) is 2.75. The maximum absolute atomic E-state index is 5.14. The molecular formula is C10H16O. The second-order valence-electron chi connectivity index (χ2n) is 3.24. The van der Waals surface area contributed by atoms with Crippen molar-refractivity contribution in [3.8, 4) is 0 Å². The lowest BCUT2D eigenvalue weighted by atomic mass is 10.0. The van der Waals surface area contributed by atoms with Crippen LogP contribution in [-0.4, -0.2) is 0 Å². The van der Waals surface area contributed by atoms with E-state index in [1.807, 2.05) is 0 Å². The van der Waals surface area contributed by atoms with Crippen molar-refractivity contribution >= 4 is 0 Å². The molecule has 0 amide bonds. The lowest BCUT2D eigenvalue weighted by Crippen LogP contribution is -2.00. The van der Waals surface area contributed by atoms with Gasteiger partial charge in [-0.25, -0.2) is 0 Å². The summed E-state index contributed by atoms with van der Waals surface area (Å²) < 4.78 is 5.14. The van der Waals surface area contributed by atoms with E-state index in [0.717, 1.165) is 18.1 Å². The topological polar surface area (TPSA) is 9.23 Å². The molecule has 0 aromatic heterocycles. The molecule has 0 radical (unpaired) electrons. The fourth-order valence-corrected chi connectivity index (χ4v) is 0.929. The fourth-order valence-electron chi connectivity index (χ4n) is 0.929. The third-order valence-corrected chi connectivity index (χ3v) is 2.15. The zero-order valence-corrected chi connectivity index (χ0v) is 7.55. The van der Waals surface area contributed by atoms with Gasteiger partial charge in [0.2, 0.25) is 0 Å². The van der Waals surface area contributed by atoms with E-state index < -0.39 is 0 Å². The molecule has 1 atom stereocenters. The summed E-state index contributed by atoms with van der Waals surface area (Å²) in [6, 6.07) is 0. The van der Waals surface area contributed by atoms with Crippen LogP contribution >= 0.6 is 0 Å². The van der Waals surface area contributed by atoms with Gasteiger partial charge in [0.25, 0.3) is 0 Å². The lowest BCUT2D eigenvalue weighted by Gasteiger charge is -2.16. The molecule has 0 saturated heterocycles. The van der Waals surface area contributed by atoms with Crippen LogP contribution in [0.1, 0.15) is 33.6 Å². The van der Waals surface area contributed by atoms with Crippen LogP contribution in [0.15, 0.2) is 23.7 Å². The number of hydrogen-bond donors (Lipinski definition) is 0. The zero-order chi connectivity index (χ0) is 8.27. The molecule has 1 heteroatoms. The minimum Gasteiger partial charge on any atom is -0.465 e. The first-order valence-electron chi connectivity index (χ1n) is 4.28. The van der Waals surface area contributed by atoms with Crippen LogP contribution < -0.4 is 0 Å². The van der Waals surface area contributed by atoms with E-state index in [0.29, 0.717) is 0 Å². The third-order valence-electron chi connectivity index (χ3n) is 2.15. The van der Waals surface area contributed by atoms with Gasteiger partial charge in [0.15, 0.2) is 0 Å². The third kappa shape index (κ3) is 2.11. The molecular weight excluding hydrogens is 136 g/mol. The van der Waals surface area contributed by atoms with E-state index >= 15 is 0 Å². The van der Waals surface area contributed by atoms with E-state index in [1.165, 1.54) is 12.0 Å². The molecule has 11 heavy (non-hydrogen) atoms. The molecule has 1 unspecified atom stereocenters.